The summed E-state index contributed by atoms with van der Waals surface area (Å²) in [6.07, 6.45) is 2.17. The van der Waals surface area contributed by atoms with Crippen molar-refractivity contribution in [1.29, 1.82) is 0 Å². The van der Waals surface area contributed by atoms with Gasteiger partial charge in [0.15, 0.2) is 0 Å². The quantitative estimate of drug-likeness (QED) is 0.752. The number of aromatic nitrogens is 2. The summed E-state index contributed by atoms with van der Waals surface area (Å²) in [4.78, 5) is 16.9. The molecule has 25 heavy (non-hydrogen) atoms. The van der Waals surface area contributed by atoms with Crippen molar-refractivity contribution in [2.45, 2.75) is 39.0 Å². The van der Waals surface area contributed by atoms with Gasteiger partial charge in [-0.3, -0.25) is 4.79 Å². The molecule has 5 nitrogen and oxygen atoms in total. The molecule has 0 unspecified atom stereocenters. The third-order valence-corrected chi connectivity index (χ3v) is 4.43. The molecule has 1 aliphatic rings. The molecular formula is C20H21N3O2. The fourth-order valence-electron chi connectivity index (χ4n) is 2.92. The van der Waals surface area contributed by atoms with Gasteiger partial charge in [0.1, 0.15) is 24.7 Å². The standard InChI is InChI=1S/C20H21N3O2/c1-14-6-2-5-9-18(14)25-13-19-22-16-7-3-4-8-17(16)23(19)12-20(24)21-15-10-11-15/h2-9,15H,10-13H2,1H3,(H,21,24). The van der Waals surface area contributed by atoms with E-state index < -0.39 is 0 Å². The highest BCUT2D eigenvalue weighted by atomic mass is 16.5. The Kier molecular flexibility index (Phi) is 4.14. The number of amides is 1. The van der Waals surface area contributed by atoms with Crippen LogP contribution in [0.5, 0.6) is 5.75 Å². The van der Waals surface area contributed by atoms with Crippen LogP contribution in [-0.2, 0) is 17.9 Å². The van der Waals surface area contributed by atoms with Gasteiger partial charge in [-0.25, -0.2) is 4.98 Å². The van der Waals surface area contributed by atoms with Crippen molar-refractivity contribution in [3.8, 4) is 5.75 Å². The van der Waals surface area contributed by atoms with Gasteiger partial charge in [-0.05, 0) is 43.5 Å². The zero-order valence-electron chi connectivity index (χ0n) is 14.2. The van der Waals surface area contributed by atoms with Gasteiger partial charge in [0.05, 0.1) is 11.0 Å². The average molecular weight is 335 g/mol. The van der Waals surface area contributed by atoms with E-state index in [4.69, 9.17) is 4.74 Å². The van der Waals surface area contributed by atoms with Gasteiger partial charge in [0, 0.05) is 6.04 Å². The van der Waals surface area contributed by atoms with E-state index in [1.807, 2.05) is 60.0 Å². The first-order chi connectivity index (χ1) is 12.2. The minimum Gasteiger partial charge on any atom is -0.485 e. The van der Waals surface area contributed by atoms with Crippen LogP contribution in [0.1, 0.15) is 24.2 Å². The van der Waals surface area contributed by atoms with Gasteiger partial charge in [0.2, 0.25) is 5.91 Å². The van der Waals surface area contributed by atoms with Gasteiger partial charge >= 0.3 is 0 Å². The number of nitrogens with zero attached hydrogens (tertiary/aromatic N) is 2. The first kappa shape index (κ1) is 15.7. The summed E-state index contributed by atoms with van der Waals surface area (Å²) in [6, 6.07) is 16.1. The van der Waals surface area contributed by atoms with Crippen molar-refractivity contribution < 1.29 is 9.53 Å². The molecule has 3 aromatic rings. The van der Waals surface area contributed by atoms with Gasteiger partial charge in [-0.15, -0.1) is 0 Å². The third-order valence-electron chi connectivity index (χ3n) is 4.43. The van der Waals surface area contributed by atoms with Crippen LogP contribution in [0.4, 0.5) is 0 Å². The predicted octanol–water partition coefficient (Wildman–Crippen LogP) is 3.20. The molecule has 128 valence electrons. The minimum atomic E-state index is 0.0304. The van der Waals surface area contributed by atoms with Gasteiger partial charge < -0.3 is 14.6 Å². The molecule has 0 saturated heterocycles. The zero-order valence-corrected chi connectivity index (χ0v) is 14.2. The predicted molar refractivity (Wildman–Crippen MR) is 96.4 cm³/mol. The molecule has 4 rings (SSSR count). The van der Waals surface area contributed by atoms with Crippen molar-refractivity contribution in [3.05, 3.63) is 59.9 Å². The van der Waals surface area contributed by atoms with Crippen LogP contribution in [0.3, 0.4) is 0 Å². The van der Waals surface area contributed by atoms with E-state index in [9.17, 15) is 4.79 Å². The number of fused-ring (bicyclic) bond motifs is 1. The van der Waals surface area contributed by atoms with Crippen molar-refractivity contribution in [1.82, 2.24) is 14.9 Å². The minimum absolute atomic E-state index is 0.0304. The normalized spacial score (nSPS) is 13.8. The van der Waals surface area contributed by atoms with E-state index in [1.165, 1.54) is 0 Å². The Morgan fingerprint density at radius 3 is 2.76 bits per heavy atom. The summed E-state index contributed by atoms with van der Waals surface area (Å²) in [5.74, 6) is 1.63. The smallest absolute Gasteiger partial charge is 0.240 e. The van der Waals surface area contributed by atoms with E-state index in [1.54, 1.807) is 0 Å². The molecule has 0 atom stereocenters. The van der Waals surface area contributed by atoms with Crippen LogP contribution in [0, 0.1) is 6.92 Å². The lowest BCUT2D eigenvalue weighted by molar-refractivity contribution is -0.121. The molecule has 1 aliphatic carbocycles. The van der Waals surface area contributed by atoms with E-state index >= 15 is 0 Å². The summed E-state index contributed by atoms with van der Waals surface area (Å²) in [5, 5.41) is 3.04. The van der Waals surface area contributed by atoms with E-state index in [2.05, 4.69) is 10.3 Å². The molecule has 5 heteroatoms. The molecule has 0 bridgehead atoms. The summed E-state index contributed by atoms with van der Waals surface area (Å²) in [5.41, 5.74) is 2.92. The second kappa shape index (κ2) is 6.59. The molecule has 1 aromatic heterocycles. The lowest BCUT2D eigenvalue weighted by Gasteiger charge is -2.12. The number of hydrogen-bond acceptors (Lipinski definition) is 3. The number of carbonyl (C=O) groups excluding carboxylic acids is 1. The van der Waals surface area contributed by atoms with Crippen LogP contribution >= 0.6 is 0 Å². The topological polar surface area (TPSA) is 56.2 Å². The second-order valence-electron chi connectivity index (χ2n) is 6.50. The second-order valence-corrected chi connectivity index (χ2v) is 6.50. The average Bonchev–Trinajstić information content (AvgIpc) is 3.36. The fraction of sp³-hybridized carbons (Fsp3) is 0.300. The number of aryl methyl sites for hydroxylation is 1. The molecule has 1 fully saturated rings. The zero-order chi connectivity index (χ0) is 17.2. The number of benzene rings is 2. The Bertz CT molecular complexity index is 912. The van der Waals surface area contributed by atoms with Crippen molar-refractivity contribution in [2.75, 3.05) is 0 Å². The Labute approximate surface area is 146 Å². The third kappa shape index (κ3) is 3.50. The van der Waals surface area contributed by atoms with E-state index in [0.29, 0.717) is 12.6 Å². The number of para-hydroxylation sites is 3. The highest BCUT2D eigenvalue weighted by molar-refractivity contribution is 5.81. The summed E-state index contributed by atoms with van der Waals surface area (Å²) in [7, 11) is 0. The molecule has 0 aliphatic heterocycles. The first-order valence-electron chi connectivity index (χ1n) is 8.62. The molecule has 0 radical (unpaired) electrons. The largest absolute Gasteiger partial charge is 0.485 e. The van der Waals surface area contributed by atoms with Gasteiger partial charge in [0.25, 0.3) is 0 Å². The Morgan fingerprint density at radius 1 is 1.20 bits per heavy atom. The lowest BCUT2D eigenvalue weighted by Crippen LogP contribution is -2.30. The SMILES string of the molecule is Cc1ccccc1OCc1nc2ccccc2n1CC(=O)NC1CC1. The molecule has 1 heterocycles. The van der Waals surface area contributed by atoms with E-state index in [-0.39, 0.29) is 12.5 Å². The van der Waals surface area contributed by atoms with Crippen LogP contribution < -0.4 is 10.1 Å². The first-order valence-corrected chi connectivity index (χ1v) is 8.62. The maximum atomic E-state index is 12.3. The number of ether oxygens (including phenoxy) is 1. The number of carbonyl (C=O) groups is 1. The maximum Gasteiger partial charge on any atom is 0.240 e. The maximum absolute atomic E-state index is 12.3. The highest BCUT2D eigenvalue weighted by Gasteiger charge is 2.24. The van der Waals surface area contributed by atoms with Crippen LogP contribution in [0.2, 0.25) is 0 Å². The molecule has 2 aromatic carbocycles. The lowest BCUT2D eigenvalue weighted by atomic mass is 10.2. The van der Waals surface area contributed by atoms with E-state index in [0.717, 1.165) is 41.0 Å². The van der Waals surface area contributed by atoms with Gasteiger partial charge in [-0.2, -0.15) is 0 Å². The van der Waals surface area contributed by atoms with Crippen molar-refractivity contribution in [2.24, 2.45) is 0 Å². The Balaban J connectivity index is 1.59. The summed E-state index contributed by atoms with van der Waals surface area (Å²) >= 11 is 0. The number of nitrogens with one attached hydrogen (secondary N) is 1. The Morgan fingerprint density at radius 2 is 1.96 bits per heavy atom. The highest BCUT2D eigenvalue weighted by Crippen LogP contribution is 2.22. The van der Waals surface area contributed by atoms with Gasteiger partial charge in [-0.1, -0.05) is 30.3 Å². The molecule has 1 amide bonds. The number of hydrogen-bond donors (Lipinski definition) is 1. The molecule has 1 N–H and O–H groups in total. The fourth-order valence-corrected chi connectivity index (χ4v) is 2.92. The molecule has 1 saturated carbocycles. The number of rotatable bonds is 6. The number of imidazole rings is 1. The van der Waals surface area contributed by atoms with Crippen LogP contribution in [0.25, 0.3) is 11.0 Å². The van der Waals surface area contributed by atoms with Crippen molar-refractivity contribution in [3.63, 3.8) is 0 Å². The van der Waals surface area contributed by atoms with Crippen molar-refractivity contribution >= 4 is 16.9 Å². The Hall–Kier alpha value is -2.82. The molecule has 0 spiro atoms. The molecular weight excluding hydrogens is 314 g/mol. The van der Waals surface area contributed by atoms with Crippen LogP contribution in [0.15, 0.2) is 48.5 Å². The van der Waals surface area contributed by atoms with Crippen LogP contribution in [-0.4, -0.2) is 21.5 Å². The monoisotopic (exact) mass is 335 g/mol. The summed E-state index contributed by atoms with van der Waals surface area (Å²) < 4.78 is 7.90. The summed E-state index contributed by atoms with van der Waals surface area (Å²) in [6.45, 7) is 2.61.